The van der Waals surface area contributed by atoms with E-state index in [-0.39, 0.29) is 0 Å². The lowest BCUT2D eigenvalue weighted by Crippen LogP contribution is -2.24. The molecule has 1 aliphatic rings. The minimum atomic E-state index is -1.41. The van der Waals surface area contributed by atoms with Crippen molar-refractivity contribution in [3.8, 4) is 0 Å². The van der Waals surface area contributed by atoms with Gasteiger partial charge in [0.15, 0.2) is 0 Å². The van der Waals surface area contributed by atoms with E-state index < -0.39 is 9.28 Å². The summed E-state index contributed by atoms with van der Waals surface area (Å²) in [5.41, 5.74) is 0. The summed E-state index contributed by atoms with van der Waals surface area (Å²) in [6.07, 6.45) is 1.50. The third-order valence-corrected chi connectivity index (χ3v) is 4.92. The van der Waals surface area contributed by atoms with Gasteiger partial charge in [-0.05, 0) is 32.2 Å². The van der Waals surface area contributed by atoms with Crippen molar-refractivity contribution in [2.24, 2.45) is 5.92 Å². The summed E-state index contributed by atoms with van der Waals surface area (Å²) in [6.45, 7) is 10.3. The molecule has 1 aliphatic heterocycles. The van der Waals surface area contributed by atoms with Crippen LogP contribution < -0.4 is 0 Å². The van der Waals surface area contributed by atoms with E-state index in [1.807, 2.05) is 13.8 Å². The van der Waals surface area contributed by atoms with Gasteiger partial charge in [-0.25, -0.2) is 0 Å². The van der Waals surface area contributed by atoms with Gasteiger partial charge in [-0.2, -0.15) is 0 Å². The average Bonchev–Trinajstić information content (AvgIpc) is 3.10. The molecule has 0 N–H and O–H groups in total. The molecule has 1 rings (SSSR count). The van der Waals surface area contributed by atoms with E-state index in [0.29, 0.717) is 12.0 Å². The molecule has 102 valence electrons. The van der Waals surface area contributed by atoms with Crippen molar-refractivity contribution in [1.29, 1.82) is 0 Å². The molecule has 2 unspecified atom stereocenters. The van der Waals surface area contributed by atoms with E-state index in [1.54, 1.807) is 0 Å². The van der Waals surface area contributed by atoms with Crippen LogP contribution in [0.3, 0.4) is 0 Å². The van der Waals surface area contributed by atoms with Crippen LogP contribution in [0.4, 0.5) is 0 Å². The zero-order chi connectivity index (χ0) is 12.5. The first-order valence-corrected chi connectivity index (χ1v) is 8.44. The molecule has 1 heterocycles. The van der Waals surface area contributed by atoms with Gasteiger partial charge < -0.3 is 18.3 Å². The van der Waals surface area contributed by atoms with Crippen molar-refractivity contribution in [3.63, 3.8) is 0 Å². The highest BCUT2D eigenvalue weighted by Crippen LogP contribution is 2.13. The maximum absolute atomic E-state index is 5.64. The van der Waals surface area contributed by atoms with E-state index in [9.17, 15) is 0 Å². The van der Waals surface area contributed by atoms with Crippen LogP contribution in [0.25, 0.3) is 0 Å². The zero-order valence-corrected chi connectivity index (χ0v) is 12.5. The molecule has 0 aromatic rings. The Balaban J connectivity index is 2.00. The van der Waals surface area contributed by atoms with Crippen LogP contribution >= 0.6 is 0 Å². The minimum Gasteiger partial charge on any atom is -0.397 e. The number of ether oxygens (including phenoxy) is 2. The first-order valence-electron chi connectivity index (χ1n) is 6.68. The second-order valence-corrected chi connectivity index (χ2v) is 6.62. The Labute approximate surface area is 106 Å². The molecule has 5 heteroatoms. The van der Waals surface area contributed by atoms with Gasteiger partial charge in [0, 0.05) is 19.8 Å². The van der Waals surface area contributed by atoms with Crippen molar-refractivity contribution >= 4 is 9.28 Å². The summed E-state index contributed by atoms with van der Waals surface area (Å²) in [6, 6.07) is 1.08. The van der Waals surface area contributed by atoms with Gasteiger partial charge >= 0.3 is 9.28 Å². The monoisotopic (exact) mass is 262 g/mol. The van der Waals surface area contributed by atoms with Crippen LogP contribution in [-0.4, -0.2) is 48.4 Å². The second kappa shape index (κ2) is 9.05. The highest BCUT2D eigenvalue weighted by atomic mass is 28.3. The van der Waals surface area contributed by atoms with Crippen LogP contribution in [-0.2, 0) is 18.3 Å². The Morgan fingerprint density at radius 1 is 1.29 bits per heavy atom. The number of hydrogen-bond acceptors (Lipinski definition) is 4. The fourth-order valence-electron chi connectivity index (χ4n) is 1.66. The molecule has 17 heavy (non-hydrogen) atoms. The topological polar surface area (TPSA) is 40.2 Å². The average molecular weight is 262 g/mol. The van der Waals surface area contributed by atoms with Crippen molar-refractivity contribution in [2.75, 3.05) is 33.0 Å². The first kappa shape index (κ1) is 15.1. The van der Waals surface area contributed by atoms with Crippen LogP contribution in [0.15, 0.2) is 0 Å². The van der Waals surface area contributed by atoms with E-state index >= 15 is 0 Å². The molecule has 0 saturated carbocycles. The number of epoxide rings is 1. The normalized spacial score (nSPS) is 20.8. The lowest BCUT2D eigenvalue weighted by atomic mass is 10.1. The SMILES string of the molecule is CCO[SiH](CCC(C)COCC1CO1)OCC. The molecule has 0 bridgehead atoms. The third kappa shape index (κ3) is 7.89. The molecule has 0 aliphatic carbocycles. The Morgan fingerprint density at radius 2 is 1.94 bits per heavy atom. The van der Waals surface area contributed by atoms with Gasteiger partial charge in [-0.1, -0.05) is 6.92 Å². The van der Waals surface area contributed by atoms with Crippen LogP contribution in [0.5, 0.6) is 0 Å². The Hall–Kier alpha value is 0.0569. The summed E-state index contributed by atoms with van der Waals surface area (Å²) < 4.78 is 22.0. The summed E-state index contributed by atoms with van der Waals surface area (Å²) in [5, 5.41) is 0. The zero-order valence-electron chi connectivity index (χ0n) is 11.3. The lowest BCUT2D eigenvalue weighted by molar-refractivity contribution is 0.0886. The molecule has 0 spiro atoms. The molecule has 1 saturated heterocycles. The predicted octanol–water partition coefficient (Wildman–Crippen LogP) is 1.72. The van der Waals surface area contributed by atoms with Gasteiger partial charge in [0.05, 0.1) is 13.2 Å². The fourth-order valence-corrected chi connectivity index (χ4v) is 3.67. The van der Waals surface area contributed by atoms with E-state index in [1.165, 1.54) is 0 Å². The van der Waals surface area contributed by atoms with Crippen LogP contribution in [0.1, 0.15) is 27.2 Å². The lowest BCUT2D eigenvalue weighted by Gasteiger charge is -2.17. The highest BCUT2D eigenvalue weighted by Gasteiger charge is 2.22. The first-order chi connectivity index (χ1) is 8.26. The second-order valence-electron chi connectivity index (χ2n) is 4.52. The molecule has 2 atom stereocenters. The molecular formula is C12H26O4Si. The smallest absolute Gasteiger partial charge is 0.321 e. The summed E-state index contributed by atoms with van der Waals surface area (Å²) >= 11 is 0. The molecular weight excluding hydrogens is 236 g/mol. The Bertz CT molecular complexity index is 181. The van der Waals surface area contributed by atoms with Gasteiger partial charge in [0.2, 0.25) is 0 Å². The van der Waals surface area contributed by atoms with Gasteiger partial charge in [0.25, 0.3) is 0 Å². The van der Waals surface area contributed by atoms with Crippen molar-refractivity contribution in [3.05, 3.63) is 0 Å². The summed E-state index contributed by atoms with van der Waals surface area (Å²) in [4.78, 5) is 0. The molecule has 0 aromatic carbocycles. The standard InChI is InChI=1S/C12H26O4Si/c1-4-15-17(16-5-2)7-6-11(3)8-13-9-12-10-14-12/h11-12,17H,4-10H2,1-3H3. The van der Waals surface area contributed by atoms with Gasteiger partial charge in [0.1, 0.15) is 6.10 Å². The van der Waals surface area contributed by atoms with E-state index in [0.717, 1.165) is 45.5 Å². The molecule has 0 amide bonds. The molecule has 4 nitrogen and oxygen atoms in total. The number of hydrogen-bond donors (Lipinski definition) is 0. The third-order valence-electron chi connectivity index (χ3n) is 2.71. The van der Waals surface area contributed by atoms with Crippen molar-refractivity contribution in [1.82, 2.24) is 0 Å². The van der Waals surface area contributed by atoms with Gasteiger partial charge in [-0.15, -0.1) is 0 Å². The minimum absolute atomic E-state index is 0.371. The molecule has 0 aromatic heterocycles. The van der Waals surface area contributed by atoms with E-state index in [4.69, 9.17) is 18.3 Å². The van der Waals surface area contributed by atoms with Crippen LogP contribution in [0.2, 0.25) is 6.04 Å². The van der Waals surface area contributed by atoms with Crippen molar-refractivity contribution in [2.45, 2.75) is 39.3 Å². The molecule has 0 radical (unpaired) electrons. The summed E-state index contributed by atoms with van der Waals surface area (Å²) in [5.74, 6) is 0.574. The largest absolute Gasteiger partial charge is 0.397 e. The predicted molar refractivity (Wildman–Crippen MR) is 69.5 cm³/mol. The maximum atomic E-state index is 5.64. The van der Waals surface area contributed by atoms with Gasteiger partial charge in [-0.3, -0.25) is 0 Å². The Morgan fingerprint density at radius 3 is 2.47 bits per heavy atom. The fraction of sp³-hybridized carbons (Fsp3) is 1.00. The van der Waals surface area contributed by atoms with Crippen molar-refractivity contribution < 1.29 is 18.3 Å². The van der Waals surface area contributed by atoms with Crippen LogP contribution in [0, 0.1) is 5.92 Å². The summed E-state index contributed by atoms with van der Waals surface area (Å²) in [7, 11) is -1.41. The Kier molecular flexibility index (Phi) is 8.05. The van der Waals surface area contributed by atoms with E-state index in [2.05, 4.69) is 6.92 Å². The molecule has 1 fully saturated rings. The highest BCUT2D eigenvalue weighted by molar-refractivity contribution is 6.44. The number of rotatable bonds is 11. The quantitative estimate of drug-likeness (QED) is 0.420. The maximum Gasteiger partial charge on any atom is 0.321 e.